The lowest BCUT2D eigenvalue weighted by atomic mass is 10.0. The third-order valence-corrected chi connectivity index (χ3v) is 5.18. The molecule has 122 valence electrons. The van der Waals surface area contributed by atoms with Crippen molar-refractivity contribution in [1.82, 2.24) is 19.1 Å². The van der Waals surface area contributed by atoms with Crippen LogP contribution < -0.4 is 11.2 Å². The van der Waals surface area contributed by atoms with Crippen molar-refractivity contribution in [3.05, 3.63) is 20.8 Å². The zero-order valence-corrected chi connectivity index (χ0v) is 14.5. The molecule has 0 aliphatic carbocycles. The van der Waals surface area contributed by atoms with E-state index in [1.54, 1.807) is 18.8 Å². The second-order valence-corrected chi connectivity index (χ2v) is 6.68. The van der Waals surface area contributed by atoms with Gasteiger partial charge in [-0.2, -0.15) is 0 Å². The Morgan fingerprint density at radius 3 is 2.59 bits per heavy atom. The number of unbranched alkanes of at least 4 members (excludes halogenated alkanes) is 1. The lowest BCUT2D eigenvalue weighted by molar-refractivity contribution is 0.499. The van der Waals surface area contributed by atoms with Crippen molar-refractivity contribution in [3.63, 3.8) is 0 Å². The summed E-state index contributed by atoms with van der Waals surface area (Å²) in [4.78, 5) is 31.5. The predicted octanol–water partition coefficient (Wildman–Crippen LogP) is 2.27. The van der Waals surface area contributed by atoms with Crippen LogP contribution in [-0.4, -0.2) is 24.9 Å². The number of hydrogen-bond acceptors (Lipinski definition) is 4. The van der Waals surface area contributed by atoms with Crippen LogP contribution in [0.5, 0.6) is 0 Å². The fourth-order valence-electron chi connectivity index (χ4n) is 2.47. The summed E-state index contributed by atoms with van der Waals surface area (Å²) in [6, 6.07) is 0. The van der Waals surface area contributed by atoms with Gasteiger partial charge in [-0.15, -0.1) is 0 Å². The van der Waals surface area contributed by atoms with Crippen molar-refractivity contribution < 1.29 is 0 Å². The summed E-state index contributed by atoms with van der Waals surface area (Å²) >= 11 is 1.63. The fourth-order valence-corrected chi connectivity index (χ4v) is 3.59. The molecule has 0 bridgehead atoms. The quantitative estimate of drug-likeness (QED) is 0.793. The molecule has 22 heavy (non-hydrogen) atoms. The van der Waals surface area contributed by atoms with Gasteiger partial charge in [0.2, 0.25) is 0 Å². The lowest BCUT2D eigenvalue weighted by Crippen LogP contribution is -2.36. The van der Waals surface area contributed by atoms with Gasteiger partial charge in [0.15, 0.2) is 16.3 Å². The van der Waals surface area contributed by atoms with Gasteiger partial charge in [-0.05, 0) is 12.3 Å². The summed E-state index contributed by atoms with van der Waals surface area (Å²) in [5.74, 6) is 1.63. The first kappa shape index (κ1) is 16.9. The molecule has 0 aliphatic heterocycles. The van der Waals surface area contributed by atoms with Crippen LogP contribution >= 0.6 is 11.8 Å². The smallest absolute Gasteiger partial charge is 0.327 e. The van der Waals surface area contributed by atoms with E-state index in [2.05, 4.69) is 23.8 Å². The van der Waals surface area contributed by atoms with Gasteiger partial charge in [-0.3, -0.25) is 13.9 Å². The van der Waals surface area contributed by atoms with Crippen LogP contribution in [0.1, 0.15) is 39.5 Å². The first-order chi connectivity index (χ1) is 10.5. The molecule has 2 rings (SSSR count). The second-order valence-electron chi connectivity index (χ2n) is 5.67. The van der Waals surface area contributed by atoms with Crippen LogP contribution in [0.3, 0.4) is 0 Å². The number of imidazole rings is 1. The van der Waals surface area contributed by atoms with Crippen molar-refractivity contribution in [2.24, 2.45) is 20.0 Å². The minimum Gasteiger partial charge on any atom is -0.327 e. The Morgan fingerprint density at radius 2 is 1.95 bits per heavy atom. The topological polar surface area (TPSA) is 72.7 Å². The van der Waals surface area contributed by atoms with E-state index in [-0.39, 0.29) is 11.2 Å². The van der Waals surface area contributed by atoms with Gasteiger partial charge in [0, 0.05) is 19.8 Å². The molecule has 6 nitrogen and oxygen atoms in total. The number of hydrogen-bond donors (Lipinski definition) is 1. The van der Waals surface area contributed by atoms with Crippen molar-refractivity contribution in [3.8, 4) is 0 Å². The third-order valence-electron chi connectivity index (χ3n) is 4.07. The molecule has 0 fully saturated rings. The average Bonchev–Trinajstić information content (AvgIpc) is 2.95. The molecule has 0 saturated heterocycles. The van der Waals surface area contributed by atoms with Gasteiger partial charge in [-0.1, -0.05) is 44.9 Å². The summed E-state index contributed by atoms with van der Waals surface area (Å²) in [7, 11) is 3.12. The Labute approximate surface area is 133 Å². The normalized spacial score (nSPS) is 12.9. The highest BCUT2D eigenvalue weighted by atomic mass is 32.2. The van der Waals surface area contributed by atoms with E-state index in [0.717, 1.165) is 16.7 Å². The number of aromatic nitrogens is 4. The van der Waals surface area contributed by atoms with E-state index in [1.165, 1.54) is 30.9 Å². The molecular weight excluding hydrogens is 300 g/mol. The van der Waals surface area contributed by atoms with E-state index in [0.29, 0.717) is 22.2 Å². The third kappa shape index (κ3) is 3.29. The summed E-state index contributed by atoms with van der Waals surface area (Å²) in [6.07, 6.45) is 4.83. The monoisotopic (exact) mass is 324 g/mol. The number of nitrogens with zero attached hydrogens (tertiary/aromatic N) is 3. The Balaban J connectivity index is 2.23. The molecule has 2 aromatic rings. The maximum atomic E-state index is 12.1. The molecule has 0 unspecified atom stereocenters. The van der Waals surface area contributed by atoms with E-state index in [9.17, 15) is 9.59 Å². The number of nitrogens with one attached hydrogen (secondary N) is 1. The summed E-state index contributed by atoms with van der Waals surface area (Å²) in [5.41, 5.74) is 0.149. The van der Waals surface area contributed by atoms with Gasteiger partial charge in [0.1, 0.15) is 0 Å². The number of thioether (sulfide) groups is 1. The predicted molar refractivity (Wildman–Crippen MR) is 90.6 cm³/mol. The van der Waals surface area contributed by atoms with Gasteiger partial charge >= 0.3 is 5.69 Å². The maximum Gasteiger partial charge on any atom is 0.332 e. The molecule has 0 saturated carbocycles. The van der Waals surface area contributed by atoms with Gasteiger partial charge < -0.3 is 4.98 Å². The standard InChI is InChI=1S/C15H24N4O2S/c1-5-7-8-10(6-2)9-22-14-16-11-12(17-14)18(3)15(21)19(4)13(11)20/h10H,5-9H2,1-4H3,(H,16,17)/t10-/m0/s1. The van der Waals surface area contributed by atoms with Crippen molar-refractivity contribution >= 4 is 22.9 Å². The zero-order valence-electron chi connectivity index (χ0n) is 13.7. The van der Waals surface area contributed by atoms with Crippen LogP contribution in [0.25, 0.3) is 11.2 Å². The van der Waals surface area contributed by atoms with Crippen LogP contribution in [0.4, 0.5) is 0 Å². The average molecular weight is 324 g/mol. The molecule has 0 radical (unpaired) electrons. The van der Waals surface area contributed by atoms with Crippen LogP contribution in [-0.2, 0) is 14.1 Å². The van der Waals surface area contributed by atoms with Crippen LogP contribution in [0, 0.1) is 5.92 Å². The Morgan fingerprint density at radius 1 is 1.23 bits per heavy atom. The molecule has 2 aromatic heterocycles. The SMILES string of the molecule is CCCC[C@H](CC)CSc1nc2c([nH]1)c(=O)n(C)c(=O)n2C. The highest BCUT2D eigenvalue weighted by molar-refractivity contribution is 7.99. The van der Waals surface area contributed by atoms with Crippen molar-refractivity contribution in [2.75, 3.05) is 5.75 Å². The number of rotatable bonds is 7. The molecule has 7 heteroatoms. The Bertz CT molecular complexity index is 759. The minimum atomic E-state index is -0.352. The molecule has 0 amide bonds. The second kappa shape index (κ2) is 7.17. The van der Waals surface area contributed by atoms with Gasteiger partial charge in [0.25, 0.3) is 5.56 Å². The van der Waals surface area contributed by atoms with Crippen molar-refractivity contribution in [2.45, 2.75) is 44.7 Å². The summed E-state index contributed by atoms with van der Waals surface area (Å²) < 4.78 is 2.51. The lowest BCUT2D eigenvalue weighted by Gasteiger charge is -2.12. The van der Waals surface area contributed by atoms with Crippen LogP contribution in [0.2, 0.25) is 0 Å². The van der Waals surface area contributed by atoms with Gasteiger partial charge in [-0.25, -0.2) is 9.78 Å². The largest absolute Gasteiger partial charge is 0.332 e. The van der Waals surface area contributed by atoms with E-state index < -0.39 is 0 Å². The zero-order chi connectivity index (χ0) is 16.3. The number of aryl methyl sites for hydroxylation is 1. The summed E-state index contributed by atoms with van der Waals surface area (Å²) in [5, 5.41) is 0.711. The van der Waals surface area contributed by atoms with Gasteiger partial charge in [0.05, 0.1) is 0 Å². The molecule has 0 spiro atoms. The first-order valence-corrected chi connectivity index (χ1v) is 8.76. The molecule has 2 heterocycles. The van der Waals surface area contributed by atoms with E-state index >= 15 is 0 Å². The first-order valence-electron chi connectivity index (χ1n) is 7.78. The number of H-pyrrole nitrogens is 1. The molecular formula is C15H24N4O2S. The van der Waals surface area contributed by atoms with E-state index in [4.69, 9.17) is 0 Å². The molecule has 0 aliphatic rings. The molecule has 1 N–H and O–H groups in total. The summed E-state index contributed by atoms with van der Waals surface area (Å²) in [6.45, 7) is 4.41. The minimum absolute atomic E-state index is 0.324. The Hall–Kier alpha value is -1.50. The highest BCUT2D eigenvalue weighted by Crippen LogP contribution is 2.23. The molecule has 1 atom stereocenters. The Kier molecular flexibility index (Phi) is 5.50. The highest BCUT2D eigenvalue weighted by Gasteiger charge is 2.14. The fraction of sp³-hybridized carbons (Fsp3) is 0.667. The number of fused-ring (bicyclic) bond motifs is 1. The number of aromatic amines is 1. The van der Waals surface area contributed by atoms with Crippen LogP contribution in [0.15, 0.2) is 14.7 Å². The van der Waals surface area contributed by atoms with E-state index in [1.807, 2.05) is 0 Å². The van der Waals surface area contributed by atoms with Crippen molar-refractivity contribution in [1.29, 1.82) is 0 Å². The molecule has 0 aromatic carbocycles. The maximum absolute atomic E-state index is 12.1.